The van der Waals surface area contributed by atoms with E-state index in [1.54, 1.807) is 0 Å². The molecule has 1 aromatic rings. The fourth-order valence-electron chi connectivity index (χ4n) is 3.10. The summed E-state index contributed by atoms with van der Waals surface area (Å²) in [7, 11) is 0. The van der Waals surface area contributed by atoms with Crippen LogP contribution in [0.3, 0.4) is 0 Å². The van der Waals surface area contributed by atoms with Crippen molar-refractivity contribution in [2.45, 2.75) is 31.3 Å². The van der Waals surface area contributed by atoms with Crippen LogP contribution in [-0.2, 0) is 0 Å². The van der Waals surface area contributed by atoms with Gasteiger partial charge in [-0.15, -0.1) is 5.10 Å². The zero-order chi connectivity index (χ0) is 11.9. The monoisotopic (exact) mass is 245 g/mol. The molecule has 0 bridgehead atoms. The largest absolute Gasteiger partial charge is 0.368 e. The maximum Gasteiger partial charge on any atom is 0.150 e. The Hall–Kier alpha value is -1.36. The first-order chi connectivity index (χ1) is 8.88. The Morgan fingerprint density at radius 2 is 2.22 bits per heavy atom. The van der Waals surface area contributed by atoms with Gasteiger partial charge in [-0.25, -0.2) is 0 Å². The second kappa shape index (κ2) is 4.09. The lowest BCUT2D eigenvalue weighted by molar-refractivity contribution is 0.556. The molecule has 4 rings (SSSR count). The van der Waals surface area contributed by atoms with Crippen LogP contribution in [0.2, 0.25) is 0 Å². The molecule has 2 unspecified atom stereocenters. The Morgan fingerprint density at radius 3 is 3.06 bits per heavy atom. The predicted octanol–water partition coefficient (Wildman–Crippen LogP) is 0.849. The fourth-order valence-corrected chi connectivity index (χ4v) is 3.10. The van der Waals surface area contributed by atoms with Crippen LogP contribution in [0, 0.1) is 5.92 Å². The van der Waals surface area contributed by atoms with Crippen molar-refractivity contribution >= 4 is 11.5 Å². The minimum Gasteiger partial charge on any atom is -0.368 e. The highest BCUT2D eigenvalue weighted by Gasteiger charge is 2.36. The second-order valence-electron chi connectivity index (χ2n) is 5.73. The minimum absolute atomic E-state index is 0.633. The van der Waals surface area contributed by atoms with E-state index in [4.69, 9.17) is 0 Å². The van der Waals surface area contributed by atoms with Crippen LogP contribution in [-0.4, -0.2) is 41.9 Å². The van der Waals surface area contributed by atoms with Gasteiger partial charge in [0.2, 0.25) is 0 Å². The molecule has 0 radical (unpaired) electrons. The van der Waals surface area contributed by atoms with E-state index < -0.39 is 0 Å². The van der Waals surface area contributed by atoms with Crippen molar-refractivity contribution in [3.05, 3.63) is 12.3 Å². The van der Waals surface area contributed by atoms with Gasteiger partial charge in [-0.05, 0) is 31.7 Å². The molecule has 5 heteroatoms. The van der Waals surface area contributed by atoms with Crippen molar-refractivity contribution in [3.8, 4) is 0 Å². The molecule has 3 heterocycles. The van der Waals surface area contributed by atoms with Gasteiger partial charge in [0.1, 0.15) is 0 Å². The molecule has 2 atom stereocenters. The quantitative estimate of drug-likeness (QED) is 0.827. The normalized spacial score (nSPS) is 30.6. The van der Waals surface area contributed by atoms with Crippen molar-refractivity contribution in [1.29, 1.82) is 0 Å². The van der Waals surface area contributed by atoms with E-state index in [2.05, 4.69) is 31.8 Å². The molecule has 2 aliphatic heterocycles. The van der Waals surface area contributed by atoms with Crippen LogP contribution in [0.5, 0.6) is 0 Å². The van der Waals surface area contributed by atoms with Gasteiger partial charge < -0.3 is 15.5 Å². The Bertz CT molecular complexity index is 433. The molecule has 96 valence electrons. The van der Waals surface area contributed by atoms with Gasteiger partial charge in [-0.3, -0.25) is 0 Å². The van der Waals surface area contributed by atoms with Crippen molar-refractivity contribution in [2.24, 2.45) is 5.92 Å². The molecule has 1 aliphatic carbocycles. The zero-order valence-electron chi connectivity index (χ0n) is 10.5. The summed E-state index contributed by atoms with van der Waals surface area (Å²) in [5, 5.41) is 15.3. The smallest absolute Gasteiger partial charge is 0.150 e. The molecule has 18 heavy (non-hydrogen) atoms. The van der Waals surface area contributed by atoms with E-state index in [1.165, 1.54) is 31.5 Å². The van der Waals surface area contributed by atoms with Gasteiger partial charge in [-0.1, -0.05) is 0 Å². The maximum atomic E-state index is 4.16. The predicted molar refractivity (Wildman–Crippen MR) is 70.8 cm³/mol. The van der Waals surface area contributed by atoms with E-state index in [0.29, 0.717) is 12.1 Å². The summed E-state index contributed by atoms with van der Waals surface area (Å²) < 4.78 is 0. The maximum absolute atomic E-state index is 4.16. The molecule has 0 amide bonds. The van der Waals surface area contributed by atoms with E-state index in [-0.39, 0.29) is 0 Å². The Labute approximate surface area is 107 Å². The van der Waals surface area contributed by atoms with E-state index in [1.807, 2.05) is 6.20 Å². The molecule has 3 aliphatic rings. The van der Waals surface area contributed by atoms with E-state index >= 15 is 0 Å². The highest BCUT2D eigenvalue weighted by molar-refractivity contribution is 5.53. The van der Waals surface area contributed by atoms with Gasteiger partial charge in [-0.2, -0.15) is 5.10 Å². The van der Waals surface area contributed by atoms with Crippen LogP contribution in [0.1, 0.15) is 19.3 Å². The molecule has 0 aromatic carbocycles. The van der Waals surface area contributed by atoms with E-state index in [0.717, 1.165) is 24.8 Å². The van der Waals surface area contributed by atoms with Crippen LogP contribution in [0.25, 0.3) is 0 Å². The number of hydrogen-bond acceptors (Lipinski definition) is 5. The first kappa shape index (κ1) is 10.6. The lowest BCUT2D eigenvalue weighted by atomic mass is 10.1. The number of nitrogens with one attached hydrogen (secondary N) is 2. The van der Waals surface area contributed by atoms with Crippen LogP contribution in [0.4, 0.5) is 11.5 Å². The summed E-state index contributed by atoms with van der Waals surface area (Å²) in [5.41, 5.74) is 1.21. The molecule has 1 aromatic heterocycles. The number of rotatable bonds is 3. The van der Waals surface area contributed by atoms with Gasteiger partial charge in [0.05, 0.1) is 11.9 Å². The molecule has 0 spiro atoms. The van der Waals surface area contributed by atoms with Crippen molar-refractivity contribution < 1.29 is 0 Å². The molecule has 3 fully saturated rings. The third kappa shape index (κ3) is 1.92. The number of fused-ring (bicyclic) bond motifs is 1. The summed E-state index contributed by atoms with van der Waals surface area (Å²) in [4.78, 5) is 2.44. The first-order valence-electron chi connectivity index (χ1n) is 6.96. The lowest BCUT2D eigenvalue weighted by Gasteiger charge is -2.19. The Balaban J connectivity index is 1.50. The topological polar surface area (TPSA) is 53.1 Å². The zero-order valence-corrected chi connectivity index (χ0v) is 10.5. The molecular weight excluding hydrogens is 226 g/mol. The van der Waals surface area contributed by atoms with E-state index in [9.17, 15) is 0 Å². The highest BCUT2D eigenvalue weighted by atomic mass is 15.2. The van der Waals surface area contributed by atoms with Crippen molar-refractivity contribution in [2.75, 3.05) is 29.9 Å². The van der Waals surface area contributed by atoms with Gasteiger partial charge in [0, 0.05) is 31.2 Å². The first-order valence-corrected chi connectivity index (χ1v) is 6.96. The van der Waals surface area contributed by atoms with Gasteiger partial charge >= 0.3 is 0 Å². The second-order valence-corrected chi connectivity index (χ2v) is 5.73. The Kier molecular flexibility index (Phi) is 2.40. The molecular formula is C13H19N5. The highest BCUT2D eigenvalue weighted by Crippen LogP contribution is 2.30. The SMILES string of the molecule is c1nnc(NC2CC2)cc1N1CC2CCNC2C1. The van der Waals surface area contributed by atoms with Crippen molar-refractivity contribution in [3.63, 3.8) is 0 Å². The van der Waals surface area contributed by atoms with Gasteiger partial charge in [0.25, 0.3) is 0 Å². The molecule has 1 saturated carbocycles. The number of aromatic nitrogens is 2. The summed E-state index contributed by atoms with van der Waals surface area (Å²) in [5.74, 6) is 1.75. The lowest BCUT2D eigenvalue weighted by Crippen LogP contribution is -2.30. The molecule has 5 nitrogen and oxygen atoms in total. The standard InChI is InChI=1S/C13H19N5/c1-2-10(1)16-13-5-11(6-15-17-13)18-7-9-3-4-14-12(9)8-18/h5-6,9-10,12,14H,1-4,7-8H2,(H,16,17). The average molecular weight is 245 g/mol. The van der Waals surface area contributed by atoms with Crippen LogP contribution >= 0.6 is 0 Å². The Morgan fingerprint density at radius 1 is 1.28 bits per heavy atom. The number of hydrogen-bond donors (Lipinski definition) is 2. The van der Waals surface area contributed by atoms with Crippen LogP contribution in [0.15, 0.2) is 12.3 Å². The minimum atomic E-state index is 0.633. The summed E-state index contributed by atoms with van der Waals surface area (Å²) in [6.45, 7) is 3.46. The number of anilines is 2. The summed E-state index contributed by atoms with van der Waals surface area (Å²) in [6, 6.07) is 3.46. The van der Waals surface area contributed by atoms with Crippen molar-refractivity contribution in [1.82, 2.24) is 15.5 Å². The molecule has 2 N–H and O–H groups in total. The average Bonchev–Trinajstić information content (AvgIpc) is 2.93. The number of nitrogens with zero attached hydrogens (tertiary/aromatic N) is 3. The third-order valence-corrected chi connectivity index (χ3v) is 4.30. The third-order valence-electron chi connectivity index (χ3n) is 4.30. The van der Waals surface area contributed by atoms with Gasteiger partial charge in [0.15, 0.2) is 5.82 Å². The summed E-state index contributed by atoms with van der Waals surface area (Å²) in [6.07, 6.45) is 5.74. The fraction of sp³-hybridized carbons (Fsp3) is 0.692. The molecule has 2 saturated heterocycles. The van der Waals surface area contributed by atoms with Crippen LogP contribution < -0.4 is 15.5 Å². The summed E-state index contributed by atoms with van der Waals surface area (Å²) >= 11 is 0.